The molecule has 2 unspecified atom stereocenters. The van der Waals surface area contributed by atoms with Crippen LogP contribution in [0.5, 0.6) is 0 Å². The molecule has 22 heavy (non-hydrogen) atoms. The van der Waals surface area contributed by atoms with Crippen LogP contribution in [0.3, 0.4) is 0 Å². The summed E-state index contributed by atoms with van der Waals surface area (Å²) in [7, 11) is 0. The quantitative estimate of drug-likeness (QED) is 0.775. The highest BCUT2D eigenvalue weighted by atomic mass is 32.2. The predicted molar refractivity (Wildman–Crippen MR) is 96.1 cm³/mol. The van der Waals surface area contributed by atoms with Crippen molar-refractivity contribution in [3.05, 3.63) is 35.9 Å². The van der Waals surface area contributed by atoms with E-state index in [0.717, 1.165) is 24.9 Å². The van der Waals surface area contributed by atoms with Crippen molar-refractivity contribution in [2.45, 2.75) is 43.0 Å². The number of anilines is 1. The SMILES string of the molecule is CCC=CCN1CCC2C(C1)c1cccc3c1N2CCCS3. The minimum Gasteiger partial charge on any atom is -0.367 e. The average molecular weight is 314 g/mol. The summed E-state index contributed by atoms with van der Waals surface area (Å²) in [6.45, 7) is 7.08. The van der Waals surface area contributed by atoms with Crippen molar-refractivity contribution in [2.24, 2.45) is 0 Å². The Labute approximate surface area is 138 Å². The molecule has 2 atom stereocenters. The molecule has 1 aromatic rings. The number of hydrogen-bond donors (Lipinski definition) is 0. The molecular formula is C19H26N2S. The molecule has 1 saturated heterocycles. The maximum absolute atomic E-state index is 2.76. The molecule has 0 radical (unpaired) electrons. The van der Waals surface area contributed by atoms with Gasteiger partial charge in [-0.05, 0) is 36.6 Å². The predicted octanol–water partition coefficient (Wildman–Crippen LogP) is 4.13. The van der Waals surface area contributed by atoms with Gasteiger partial charge in [0.05, 0.1) is 5.69 Å². The first-order valence-electron chi connectivity index (χ1n) is 8.78. The van der Waals surface area contributed by atoms with Gasteiger partial charge in [0.15, 0.2) is 0 Å². The van der Waals surface area contributed by atoms with E-state index in [-0.39, 0.29) is 0 Å². The van der Waals surface area contributed by atoms with Crippen molar-refractivity contribution in [2.75, 3.05) is 36.8 Å². The van der Waals surface area contributed by atoms with Crippen molar-refractivity contribution >= 4 is 17.4 Å². The Kier molecular flexibility index (Phi) is 4.19. The first-order valence-corrected chi connectivity index (χ1v) is 9.76. The van der Waals surface area contributed by atoms with E-state index in [1.165, 1.54) is 43.1 Å². The van der Waals surface area contributed by atoms with Crippen molar-refractivity contribution in [1.82, 2.24) is 4.90 Å². The fourth-order valence-electron chi connectivity index (χ4n) is 4.36. The Morgan fingerprint density at radius 3 is 3.14 bits per heavy atom. The van der Waals surface area contributed by atoms with Gasteiger partial charge < -0.3 is 4.90 Å². The second kappa shape index (κ2) is 6.29. The van der Waals surface area contributed by atoms with Crippen molar-refractivity contribution in [3.63, 3.8) is 0 Å². The van der Waals surface area contributed by atoms with Crippen LogP contribution in [0.25, 0.3) is 0 Å². The van der Waals surface area contributed by atoms with Crippen molar-refractivity contribution < 1.29 is 0 Å². The zero-order valence-electron chi connectivity index (χ0n) is 13.5. The molecule has 0 spiro atoms. The number of para-hydroxylation sites is 1. The summed E-state index contributed by atoms with van der Waals surface area (Å²) in [5.74, 6) is 2.00. The van der Waals surface area contributed by atoms with Crippen molar-refractivity contribution in [1.29, 1.82) is 0 Å². The molecule has 0 aromatic heterocycles. The van der Waals surface area contributed by atoms with Gasteiger partial charge >= 0.3 is 0 Å². The van der Waals surface area contributed by atoms with Crippen LogP contribution in [-0.2, 0) is 0 Å². The van der Waals surface area contributed by atoms with E-state index in [1.54, 1.807) is 11.3 Å². The van der Waals surface area contributed by atoms with E-state index in [2.05, 4.69) is 58.8 Å². The van der Waals surface area contributed by atoms with Crippen LogP contribution in [-0.4, -0.2) is 42.9 Å². The number of benzene rings is 1. The number of likely N-dealkylation sites (tertiary alicyclic amines) is 1. The number of hydrogen-bond acceptors (Lipinski definition) is 3. The van der Waals surface area contributed by atoms with Gasteiger partial charge in [-0.15, -0.1) is 11.8 Å². The molecule has 1 aromatic carbocycles. The lowest BCUT2D eigenvalue weighted by Crippen LogP contribution is -2.46. The molecule has 0 bridgehead atoms. The minimum atomic E-state index is 0.720. The summed E-state index contributed by atoms with van der Waals surface area (Å²) in [5.41, 5.74) is 3.21. The van der Waals surface area contributed by atoms with Gasteiger partial charge in [0.1, 0.15) is 0 Å². The zero-order chi connectivity index (χ0) is 14.9. The lowest BCUT2D eigenvalue weighted by Gasteiger charge is -2.38. The van der Waals surface area contributed by atoms with Gasteiger partial charge in [0.25, 0.3) is 0 Å². The molecule has 3 aliphatic rings. The molecule has 2 nitrogen and oxygen atoms in total. The summed E-state index contributed by atoms with van der Waals surface area (Å²) < 4.78 is 0. The molecule has 3 aliphatic heterocycles. The third-order valence-electron chi connectivity index (χ3n) is 5.34. The van der Waals surface area contributed by atoms with E-state index in [1.807, 2.05) is 0 Å². The van der Waals surface area contributed by atoms with Crippen LogP contribution in [0.1, 0.15) is 37.7 Å². The maximum Gasteiger partial charge on any atom is 0.0543 e. The van der Waals surface area contributed by atoms with Gasteiger partial charge in [-0.25, -0.2) is 0 Å². The number of fused-ring (bicyclic) bond motifs is 3. The van der Waals surface area contributed by atoms with E-state index in [4.69, 9.17) is 0 Å². The second-order valence-electron chi connectivity index (χ2n) is 6.69. The van der Waals surface area contributed by atoms with Crippen LogP contribution in [0.4, 0.5) is 5.69 Å². The summed E-state index contributed by atoms with van der Waals surface area (Å²) in [6.07, 6.45) is 8.45. The molecule has 3 heteroatoms. The van der Waals surface area contributed by atoms with E-state index >= 15 is 0 Å². The van der Waals surface area contributed by atoms with Crippen molar-refractivity contribution in [3.8, 4) is 0 Å². The molecule has 0 aliphatic carbocycles. The number of thioether (sulfide) groups is 1. The number of allylic oxidation sites excluding steroid dienone is 1. The molecule has 0 saturated carbocycles. The highest BCUT2D eigenvalue weighted by molar-refractivity contribution is 7.99. The number of nitrogens with zero attached hydrogens (tertiary/aromatic N) is 2. The third-order valence-corrected chi connectivity index (χ3v) is 6.48. The van der Waals surface area contributed by atoms with Crippen LogP contribution >= 0.6 is 11.8 Å². The monoisotopic (exact) mass is 314 g/mol. The highest BCUT2D eigenvalue weighted by Crippen LogP contribution is 2.50. The number of rotatable bonds is 3. The Morgan fingerprint density at radius 2 is 2.23 bits per heavy atom. The van der Waals surface area contributed by atoms with Gasteiger partial charge in [-0.1, -0.05) is 31.2 Å². The first kappa shape index (κ1) is 14.6. The van der Waals surface area contributed by atoms with Gasteiger partial charge in [0.2, 0.25) is 0 Å². The summed E-state index contributed by atoms with van der Waals surface area (Å²) in [6, 6.07) is 7.76. The van der Waals surface area contributed by atoms with Crippen LogP contribution in [0.15, 0.2) is 35.2 Å². The molecule has 1 fully saturated rings. The van der Waals surface area contributed by atoms with Gasteiger partial charge in [-0.3, -0.25) is 4.90 Å². The molecule has 3 heterocycles. The molecular weight excluding hydrogens is 288 g/mol. The topological polar surface area (TPSA) is 6.48 Å². The molecule has 0 N–H and O–H groups in total. The molecule has 118 valence electrons. The standard InChI is InChI=1S/C19H26N2S/c1-2-3-4-10-20-12-9-17-16(14-20)15-7-5-8-18-19(15)21(17)11-6-13-22-18/h3-5,7-8,16-17H,2,6,9-14H2,1H3. The van der Waals surface area contributed by atoms with Crippen LogP contribution < -0.4 is 4.90 Å². The smallest absolute Gasteiger partial charge is 0.0543 e. The van der Waals surface area contributed by atoms with E-state index < -0.39 is 0 Å². The molecule has 4 rings (SSSR count). The summed E-state index contributed by atoms with van der Waals surface area (Å²) >= 11 is 2.06. The largest absolute Gasteiger partial charge is 0.367 e. The van der Waals surface area contributed by atoms with Crippen LogP contribution in [0, 0.1) is 0 Å². The van der Waals surface area contributed by atoms with Crippen LogP contribution in [0.2, 0.25) is 0 Å². The average Bonchev–Trinajstić information content (AvgIpc) is 2.71. The lowest BCUT2D eigenvalue weighted by molar-refractivity contribution is 0.211. The first-order chi connectivity index (χ1) is 10.9. The van der Waals surface area contributed by atoms with Gasteiger partial charge in [0, 0.05) is 43.0 Å². The van der Waals surface area contributed by atoms with E-state index in [0.29, 0.717) is 0 Å². The lowest BCUT2D eigenvalue weighted by atomic mass is 9.89. The van der Waals surface area contributed by atoms with E-state index in [9.17, 15) is 0 Å². The second-order valence-corrected chi connectivity index (χ2v) is 7.83. The highest BCUT2D eigenvalue weighted by Gasteiger charge is 2.42. The van der Waals surface area contributed by atoms with Gasteiger partial charge in [-0.2, -0.15) is 0 Å². The Hall–Kier alpha value is -0.930. The zero-order valence-corrected chi connectivity index (χ0v) is 14.3. The Bertz CT molecular complexity index is 569. The minimum absolute atomic E-state index is 0.720. The fourth-order valence-corrected chi connectivity index (χ4v) is 5.40. The number of piperidine rings is 1. The summed E-state index contributed by atoms with van der Waals surface area (Å²) in [4.78, 5) is 6.93. The Balaban J connectivity index is 1.60. The maximum atomic E-state index is 2.76. The molecule has 0 amide bonds. The Morgan fingerprint density at radius 1 is 1.27 bits per heavy atom. The fraction of sp³-hybridized carbons (Fsp3) is 0.579. The summed E-state index contributed by atoms with van der Waals surface area (Å²) in [5, 5.41) is 0. The third kappa shape index (κ3) is 2.48. The normalized spacial score (nSPS) is 27.8.